The third-order valence-corrected chi connectivity index (χ3v) is 3.72. The number of carbonyl (C=O) groups is 1. The molecule has 0 bridgehead atoms. The summed E-state index contributed by atoms with van der Waals surface area (Å²) in [6.07, 6.45) is 10.8. The van der Waals surface area contributed by atoms with Crippen LogP contribution in [0.15, 0.2) is 0 Å². The molecule has 18 heavy (non-hydrogen) atoms. The van der Waals surface area contributed by atoms with Crippen LogP contribution in [0.3, 0.4) is 0 Å². The molecule has 102 valence electrons. The molecule has 1 atom stereocenters. The molecular formula is C15H26N2O. The summed E-state index contributed by atoms with van der Waals surface area (Å²) in [5.41, 5.74) is 0. The average molecular weight is 250 g/mol. The molecule has 1 aliphatic heterocycles. The lowest BCUT2D eigenvalue weighted by Crippen LogP contribution is -2.42. The molecule has 0 radical (unpaired) electrons. The molecule has 1 heterocycles. The summed E-state index contributed by atoms with van der Waals surface area (Å²) < 4.78 is 0. The van der Waals surface area contributed by atoms with Gasteiger partial charge < -0.3 is 4.90 Å². The Morgan fingerprint density at radius 2 is 1.94 bits per heavy atom. The molecular weight excluding hydrogens is 224 g/mol. The molecule has 0 spiro atoms. The van der Waals surface area contributed by atoms with E-state index in [1.807, 2.05) is 0 Å². The van der Waals surface area contributed by atoms with Gasteiger partial charge in [0.15, 0.2) is 0 Å². The third kappa shape index (κ3) is 5.08. The second-order valence-corrected chi connectivity index (χ2v) is 5.25. The van der Waals surface area contributed by atoms with E-state index in [9.17, 15) is 4.79 Å². The zero-order chi connectivity index (χ0) is 13.2. The van der Waals surface area contributed by atoms with Crippen LogP contribution >= 0.6 is 0 Å². The predicted octanol–water partition coefficient (Wildman–Crippen LogP) is 3.64. The lowest BCUT2D eigenvalue weighted by atomic mass is 10.0. The van der Waals surface area contributed by atoms with Gasteiger partial charge in [-0.25, -0.2) is 0 Å². The molecule has 0 aromatic heterocycles. The van der Waals surface area contributed by atoms with Gasteiger partial charge in [0.25, 0.3) is 0 Å². The largest absolute Gasteiger partial charge is 0.327 e. The molecule has 3 nitrogen and oxygen atoms in total. The Bertz CT molecular complexity index is 283. The summed E-state index contributed by atoms with van der Waals surface area (Å²) in [4.78, 5) is 13.8. The Kier molecular flexibility index (Phi) is 7.48. The summed E-state index contributed by atoms with van der Waals surface area (Å²) in [5.74, 6) is 0.191. The molecule has 0 aromatic carbocycles. The van der Waals surface area contributed by atoms with Gasteiger partial charge in [-0.1, -0.05) is 39.0 Å². The Hall–Kier alpha value is -1.04. The van der Waals surface area contributed by atoms with Crippen LogP contribution in [-0.4, -0.2) is 23.4 Å². The van der Waals surface area contributed by atoms with Crippen LogP contribution in [0.5, 0.6) is 0 Å². The summed E-state index contributed by atoms with van der Waals surface area (Å²) >= 11 is 0. The van der Waals surface area contributed by atoms with Crippen LogP contribution in [-0.2, 0) is 4.79 Å². The van der Waals surface area contributed by atoms with Crippen molar-refractivity contribution >= 4 is 5.91 Å². The van der Waals surface area contributed by atoms with E-state index in [-0.39, 0.29) is 11.9 Å². The highest BCUT2D eigenvalue weighted by Gasteiger charge is 2.25. The van der Waals surface area contributed by atoms with Crippen molar-refractivity contribution in [3.63, 3.8) is 0 Å². The highest BCUT2D eigenvalue weighted by atomic mass is 16.2. The minimum Gasteiger partial charge on any atom is -0.327 e. The monoisotopic (exact) mass is 250 g/mol. The fourth-order valence-electron chi connectivity index (χ4n) is 2.56. The van der Waals surface area contributed by atoms with Crippen molar-refractivity contribution in [3.05, 3.63) is 0 Å². The average Bonchev–Trinajstić information content (AvgIpc) is 2.42. The molecule has 0 N–H and O–H groups in total. The van der Waals surface area contributed by atoms with Crippen LogP contribution < -0.4 is 0 Å². The van der Waals surface area contributed by atoms with Gasteiger partial charge in [-0.3, -0.25) is 4.79 Å². The van der Waals surface area contributed by atoms with Gasteiger partial charge in [0.05, 0.1) is 6.07 Å². The minimum atomic E-state index is -0.161. The summed E-state index contributed by atoms with van der Waals surface area (Å²) in [6, 6.07) is 2.10. The Balaban J connectivity index is 2.17. The topological polar surface area (TPSA) is 44.1 Å². The second-order valence-electron chi connectivity index (χ2n) is 5.25. The maximum absolute atomic E-state index is 12.0. The van der Waals surface area contributed by atoms with Crippen LogP contribution in [0.4, 0.5) is 0 Å². The molecule has 1 rings (SSSR count). The van der Waals surface area contributed by atoms with E-state index in [1.165, 1.54) is 25.7 Å². The quantitative estimate of drug-likeness (QED) is 0.647. The van der Waals surface area contributed by atoms with E-state index in [1.54, 1.807) is 4.90 Å². The molecule has 0 aliphatic carbocycles. The molecule has 1 unspecified atom stereocenters. The van der Waals surface area contributed by atoms with Gasteiger partial charge in [0.2, 0.25) is 5.91 Å². The van der Waals surface area contributed by atoms with Crippen molar-refractivity contribution in [2.24, 2.45) is 0 Å². The van der Waals surface area contributed by atoms with Gasteiger partial charge >= 0.3 is 0 Å². The molecule has 0 saturated carbocycles. The number of unbranched alkanes of at least 4 members (excludes halogenated alkanes) is 5. The lowest BCUT2D eigenvalue weighted by Gasteiger charge is -2.31. The maximum Gasteiger partial charge on any atom is 0.223 e. The van der Waals surface area contributed by atoms with Gasteiger partial charge in [0.1, 0.15) is 6.04 Å². The first-order valence-corrected chi connectivity index (χ1v) is 7.48. The van der Waals surface area contributed by atoms with E-state index in [0.29, 0.717) is 6.42 Å². The number of rotatable bonds is 7. The number of nitriles is 1. The summed E-state index contributed by atoms with van der Waals surface area (Å²) in [6.45, 7) is 2.99. The smallest absolute Gasteiger partial charge is 0.223 e. The van der Waals surface area contributed by atoms with Crippen molar-refractivity contribution < 1.29 is 4.79 Å². The van der Waals surface area contributed by atoms with Crippen molar-refractivity contribution in [2.75, 3.05) is 6.54 Å². The SMILES string of the molecule is CCCCCCCCC(=O)N1CCCCC1C#N. The molecule has 3 heteroatoms. The number of piperidine rings is 1. The van der Waals surface area contributed by atoms with E-state index in [0.717, 1.165) is 38.6 Å². The zero-order valence-corrected chi connectivity index (χ0v) is 11.7. The van der Waals surface area contributed by atoms with E-state index in [4.69, 9.17) is 5.26 Å². The minimum absolute atomic E-state index is 0.161. The fraction of sp³-hybridized carbons (Fsp3) is 0.867. The van der Waals surface area contributed by atoms with Crippen LogP contribution in [0.1, 0.15) is 71.1 Å². The number of likely N-dealkylation sites (tertiary alicyclic amines) is 1. The normalized spacial score (nSPS) is 19.6. The zero-order valence-electron chi connectivity index (χ0n) is 11.7. The van der Waals surface area contributed by atoms with E-state index >= 15 is 0 Å². The Morgan fingerprint density at radius 1 is 1.22 bits per heavy atom. The molecule has 1 aliphatic rings. The summed E-state index contributed by atoms with van der Waals surface area (Å²) in [5, 5.41) is 9.04. The van der Waals surface area contributed by atoms with Crippen LogP contribution in [0.2, 0.25) is 0 Å². The Morgan fingerprint density at radius 3 is 2.67 bits per heavy atom. The molecule has 1 saturated heterocycles. The molecule has 1 amide bonds. The van der Waals surface area contributed by atoms with Gasteiger partial charge in [0, 0.05) is 13.0 Å². The van der Waals surface area contributed by atoms with E-state index < -0.39 is 0 Å². The first-order chi connectivity index (χ1) is 8.79. The second kappa shape index (κ2) is 8.97. The first-order valence-electron chi connectivity index (χ1n) is 7.48. The predicted molar refractivity (Wildman–Crippen MR) is 73.0 cm³/mol. The maximum atomic E-state index is 12.0. The molecule has 1 fully saturated rings. The van der Waals surface area contributed by atoms with Crippen molar-refractivity contribution in [1.29, 1.82) is 5.26 Å². The number of hydrogen-bond acceptors (Lipinski definition) is 2. The van der Waals surface area contributed by atoms with Crippen molar-refractivity contribution in [1.82, 2.24) is 4.90 Å². The van der Waals surface area contributed by atoms with Crippen LogP contribution in [0, 0.1) is 11.3 Å². The van der Waals surface area contributed by atoms with Gasteiger partial charge in [-0.2, -0.15) is 5.26 Å². The highest BCUT2D eigenvalue weighted by molar-refractivity contribution is 5.76. The van der Waals surface area contributed by atoms with E-state index in [2.05, 4.69) is 13.0 Å². The summed E-state index contributed by atoms with van der Waals surface area (Å²) in [7, 11) is 0. The fourth-order valence-corrected chi connectivity index (χ4v) is 2.56. The first kappa shape index (κ1) is 15.0. The number of hydrogen-bond donors (Lipinski definition) is 0. The number of carbonyl (C=O) groups excluding carboxylic acids is 1. The lowest BCUT2D eigenvalue weighted by molar-refractivity contribution is -0.133. The third-order valence-electron chi connectivity index (χ3n) is 3.72. The highest BCUT2D eigenvalue weighted by Crippen LogP contribution is 2.18. The van der Waals surface area contributed by atoms with Gasteiger partial charge in [-0.05, 0) is 25.7 Å². The standard InChI is InChI=1S/C15H26N2O/c1-2-3-4-5-6-7-11-15(18)17-12-9-8-10-14(17)13-16/h14H,2-12H2,1H3. The van der Waals surface area contributed by atoms with Crippen molar-refractivity contribution in [2.45, 2.75) is 77.2 Å². The van der Waals surface area contributed by atoms with Crippen LogP contribution in [0.25, 0.3) is 0 Å². The molecule has 0 aromatic rings. The van der Waals surface area contributed by atoms with Gasteiger partial charge in [-0.15, -0.1) is 0 Å². The Labute approximate surface area is 111 Å². The van der Waals surface area contributed by atoms with Crippen molar-refractivity contribution in [3.8, 4) is 6.07 Å². The number of nitrogens with zero attached hydrogens (tertiary/aromatic N) is 2. The number of amides is 1.